The van der Waals surface area contributed by atoms with Gasteiger partial charge in [-0.05, 0) is 19.9 Å². The molecule has 0 unspecified atom stereocenters. The molecular weight excluding hydrogens is 192 g/mol. The van der Waals surface area contributed by atoms with Crippen LogP contribution in [0.25, 0.3) is 0 Å². The van der Waals surface area contributed by atoms with Crippen LogP contribution in [-0.4, -0.2) is 17.4 Å². The molecule has 15 heavy (non-hydrogen) atoms. The first-order chi connectivity index (χ1) is 6.97. The Morgan fingerprint density at radius 3 is 2.73 bits per heavy atom. The Bertz CT molecular complexity index is 385. The summed E-state index contributed by atoms with van der Waals surface area (Å²) in [5.41, 5.74) is 0.488. The first kappa shape index (κ1) is 11.3. The Morgan fingerprint density at radius 1 is 1.53 bits per heavy atom. The Hall–Kier alpha value is -1.80. The number of allylic oxidation sites excluding steroid dienone is 2. The third-order valence-corrected chi connectivity index (χ3v) is 2.12. The normalized spacial score (nSPS) is 15.1. The third-order valence-electron chi connectivity index (χ3n) is 2.12. The summed E-state index contributed by atoms with van der Waals surface area (Å²) in [5.74, 6) is 1.68. The SMILES string of the molecule is CC(=O)NC(C)(C)C1=CC=CNC1=C=O. The Kier molecular flexibility index (Phi) is 3.12. The highest BCUT2D eigenvalue weighted by atomic mass is 16.1. The summed E-state index contributed by atoms with van der Waals surface area (Å²) in [4.78, 5) is 21.7. The van der Waals surface area contributed by atoms with Gasteiger partial charge in [-0.25, -0.2) is 4.79 Å². The minimum atomic E-state index is -0.587. The fraction of sp³-hybridized carbons (Fsp3) is 0.364. The van der Waals surface area contributed by atoms with Crippen molar-refractivity contribution in [1.82, 2.24) is 10.6 Å². The molecule has 1 rings (SSSR count). The number of carbonyl (C=O) groups excluding carboxylic acids is 2. The summed E-state index contributed by atoms with van der Waals surface area (Å²) in [6, 6.07) is 0. The van der Waals surface area contributed by atoms with E-state index in [4.69, 9.17) is 0 Å². The molecule has 80 valence electrons. The molecule has 0 saturated heterocycles. The maximum atomic E-state index is 11.0. The highest BCUT2D eigenvalue weighted by molar-refractivity contribution is 5.75. The van der Waals surface area contributed by atoms with E-state index in [2.05, 4.69) is 10.6 Å². The van der Waals surface area contributed by atoms with Gasteiger partial charge >= 0.3 is 0 Å². The zero-order valence-electron chi connectivity index (χ0n) is 9.05. The molecule has 4 nitrogen and oxygen atoms in total. The van der Waals surface area contributed by atoms with E-state index in [0.29, 0.717) is 5.70 Å². The van der Waals surface area contributed by atoms with Crippen molar-refractivity contribution in [1.29, 1.82) is 0 Å². The van der Waals surface area contributed by atoms with Crippen LogP contribution in [0, 0.1) is 0 Å². The van der Waals surface area contributed by atoms with Crippen LogP contribution in [0.3, 0.4) is 0 Å². The van der Waals surface area contributed by atoms with Gasteiger partial charge in [-0.3, -0.25) is 4.79 Å². The van der Waals surface area contributed by atoms with Gasteiger partial charge in [-0.15, -0.1) is 0 Å². The number of amides is 1. The monoisotopic (exact) mass is 206 g/mol. The number of hydrogen-bond acceptors (Lipinski definition) is 3. The number of rotatable bonds is 2. The average Bonchev–Trinajstić information content (AvgIpc) is 2.16. The van der Waals surface area contributed by atoms with Crippen LogP contribution < -0.4 is 10.6 Å². The number of nitrogens with one attached hydrogen (secondary N) is 2. The number of hydrogen-bond donors (Lipinski definition) is 2. The van der Waals surface area contributed by atoms with Crippen LogP contribution in [0.15, 0.2) is 29.6 Å². The standard InChI is InChI=1S/C11H14N2O2/c1-8(15)13-11(2,3)9-5-4-6-12-10(9)7-14/h4-6,12H,1-3H3,(H,13,15). The highest BCUT2D eigenvalue weighted by Gasteiger charge is 2.27. The zero-order valence-corrected chi connectivity index (χ0v) is 9.05. The highest BCUT2D eigenvalue weighted by Crippen LogP contribution is 2.22. The van der Waals surface area contributed by atoms with Gasteiger partial charge in [0.2, 0.25) is 5.91 Å². The first-order valence-corrected chi connectivity index (χ1v) is 4.65. The predicted octanol–water partition coefficient (Wildman–Crippen LogP) is 0.660. The maximum absolute atomic E-state index is 11.0. The van der Waals surface area contributed by atoms with Crippen molar-refractivity contribution in [2.24, 2.45) is 0 Å². The lowest BCUT2D eigenvalue weighted by atomic mass is 9.90. The van der Waals surface area contributed by atoms with E-state index in [0.717, 1.165) is 5.57 Å². The second kappa shape index (κ2) is 4.15. The van der Waals surface area contributed by atoms with E-state index < -0.39 is 5.54 Å². The van der Waals surface area contributed by atoms with Crippen LogP contribution in [0.5, 0.6) is 0 Å². The van der Waals surface area contributed by atoms with E-state index >= 15 is 0 Å². The average molecular weight is 206 g/mol. The fourth-order valence-electron chi connectivity index (χ4n) is 1.55. The molecule has 0 aromatic rings. The lowest BCUT2D eigenvalue weighted by Crippen LogP contribution is -2.45. The molecule has 0 saturated carbocycles. The van der Waals surface area contributed by atoms with Gasteiger partial charge in [0.05, 0.1) is 5.54 Å². The Morgan fingerprint density at radius 2 is 2.20 bits per heavy atom. The van der Waals surface area contributed by atoms with Gasteiger partial charge in [0.25, 0.3) is 0 Å². The summed E-state index contributed by atoms with van der Waals surface area (Å²) < 4.78 is 0. The summed E-state index contributed by atoms with van der Waals surface area (Å²) in [5, 5.41) is 5.56. The second-order valence-corrected chi connectivity index (χ2v) is 3.87. The molecule has 4 heteroatoms. The largest absolute Gasteiger partial charge is 0.352 e. The van der Waals surface area contributed by atoms with Crippen LogP contribution in [-0.2, 0) is 9.59 Å². The third kappa shape index (κ3) is 2.58. The molecule has 0 aliphatic carbocycles. The van der Waals surface area contributed by atoms with Gasteiger partial charge in [0.1, 0.15) is 5.70 Å². The van der Waals surface area contributed by atoms with Gasteiger partial charge < -0.3 is 10.6 Å². The van der Waals surface area contributed by atoms with Crippen molar-refractivity contribution in [3.63, 3.8) is 0 Å². The second-order valence-electron chi connectivity index (χ2n) is 3.87. The van der Waals surface area contributed by atoms with Crippen molar-refractivity contribution in [2.45, 2.75) is 26.3 Å². The Balaban J connectivity index is 3.03. The van der Waals surface area contributed by atoms with Crippen molar-refractivity contribution in [3.05, 3.63) is 29.6 Å². The van der Waals surface area contributed by atoms with Crippen molar-refractivity contribution >= 4 is 11.8 Å². The fourth-order valence-corrected chi connectivity index (χ4v) is 1.55. The van der Waals surface area contributed by atoms with Crippen LogP contribution in [0.2, 0.25) is 0 Å². The Labute approximate surface area is 88.7 Å². The molecule has 0 radical (unpaired) electrons. The van der Waals surface area contributed by atoms with Crippen LogP contribution in [0.4, 0.5) is 0 Å². The van der Waals surface area contributed by atoms with E-state index in [1.165, 1.54) is 6.92 Å². The van der Waals surface area contributed by atoms with Crippen LogP contribution >= 0.6 is 0 Å². The maximum Gasteiger partial charge on any atom is 0.217 e. The number of carbonyl (C=O) groups is 1. The van der Waals surface area contributed by atoms with Gasteiger partial charge in [0.15, 0.2) is 5.94 Å². The summed E-state index contributed by atoms with van der Waals surface area (Å²) >= 11 is 0. The summed E-state index contributed by atoms with van der Waals surface area (Å²) in [6.07, 6.45) is 5.21. The summed E-state index contributed by atoms with van der Waals surface area (Å²) in [7, 11) is 0. The molecule has 0 fully saturated rings. The van der Waals surface area contributed by atoms with Crippen molar-refractivity contribution in [2.75, 3.05) is 0 Å². The minimum absolute atomic E-state index is 0.138. The minimum Gasteiger partial charge on any atom is -0.352 e. The van der Waals surface area contributed by atoms with E-state index in [1.54, 1.807) is 18.4 Å². The van der Waals surface area contributed by atoms with E-state index in [1.807, 2.05) is 19.8 Å². The molecule has 0 spiro atoms. The van der Waals surface area contributed by atoms with Gasteiger partial charge in [-0.1, -0.05) is 6.08 Å². The molecular formula is C11H14N2O2. The molecule has 1 amide bonds. The predicted molar refractivity (Wildman–Crippen MR) is 57.5 cm³/mol. The molecule has 1 heterocycles. The van der Waals surface area contributed by atoms with E-state index in [-0.39, 0.29) is 5.91 Å². The van der Waals surface area contributed by atoms with E-state index in [9.17, 15) is 9.59 Å². The molecule has 0 bridgehead atoms. The zero-order chi connectivity index (χ0) is 11.5. The topological polar surface area (TPSA) is 58.2 Å². The molecule has 0 aromatic heterocycles. The lowest BCUT2D eigenvalue weighted by molar-refractivity contribution is -0.120. The quantitative estimate of drug-likeness (QED) is 0.652. The molecule has 1 aliphatic rings. The van der Waals surface area contributed by atoms with Crippen molar-refractivity contribution < 1.29 is 9.59 Å². The smallest absolute Gasteiger partial charge is 0.217 e. The first-order valence-electron chi connectivity index (χ1n) is 4.65. The van der Waals surface area contributed by atoms with Gasteiger partial charge in [-0.2, -0.15) is 0 Å². The lowest BCUT2D eigenvalue weighted by Gasteiger charge is -2.30. The number of dihydropyridines is 1. The van der Waals surface area contributed by atoms with Crippen LogP contribution in [0.1, 0.15) is 20.8 Å². The van der Waals surface area contributed by atoms with Crippen molar-refractivity contribution in [3.8, 4) is 0 Å². The molecule has 1 aliphatic heterocycles. The molecule has 2 N–H and O–H groups in total. The molecule has 0 atom stereocenters. The molecule has 0 aromatic carbocycles. The van der Waals surface area contributed by atoms with Gasteiger partial charge in [0, 0.05) is 18.7 Å². The summed E-state index contributed by atoms with van der Waals surface area (Å²) in [6.45, 7) is 5.11.